The summed E-state index contributed by atoms with van der Waals surface area (Å²) < 4.78 is 5.46. The predicted octanol–water partition coefficient (Wildman–Crippen LogP) is 0.226. The van der Waals surface area contributed by atoms with E-state index in [-0.39, 0.29) is 11.9 Å². The van der Waals surface area contributed by atoms with Crippen molar-refractivity contribution in [2.24, 2.45) is 10.7 Å². The lowest BCUT2D eigenvalue weighted by atomic mass is 9.93. The van der Waals surface area contributed by atoms with E-state index in [0.29, 0.717) is 13.0 Å². The smallest absolute Gasteiger partial charge is 0.231 e. The van der Waals surface area contributed by atoms with E-state index in [1.54, 1.807) is 7.05 Å². The summed E-state index contributed by atoms with van der Waals surface area (Å²) in [6.07, 6.45) is 3.18. The maximum Gasteiger partial charge on any atom is 0.231 e. The van der Waals surface area contributed by atoms with Gasteiger partial charge in [0.15, 0.2) is 5.96 Å². The van der Waals surface area contributed by atoms with Gasteiger partial charge < -0.3 is 10.5 Å². The number of ether oxygens (including phenoxy) is 1. The van der Waals surface area contributed by atoms with E-state index in [1.165, 1.54) is 4.90 Å². The van der Waals surface area contributed by atoms with Gasteiger partial charge in [0.25, 0.3) is 0 Å². The van der Waals surface area contributed by atoms with E-state index >= 15 is 0 Å². The van der Waals surface area contributed by atoms with Gasteiger partial charge in [-0.3, -0.25) is 9.69 Å². The van der Waals surface area contributed by atoms with Gasteiger partial charge in [-0.1, -0.05) is 0 Å². The molecule has 2 aliphatic rings. The van der Waals surface area contributed by atoms with Crippen molar-refractivity contribution in [2.45, 2.75) is 25.3 Å². The fourth-order valence-electron chi connectivity index (χ4n) is 1.84. The van der Waals surface area contributed by atoms with E-state index in [1.807, 2.05) is 13.0 Å². The molecule has 0 unspecified atom stereocenters. The van der Waals surface area contributed by atoms with Crippen molar-refractivity contribution in [1.29, 1.82) is 0 Å². The topological polar surface area (TPSA) is 67.9 Å². The molecule has 82 valence electrons. The minimum Gasteiger partial charge on any atom is -0.495 e. The molecule has 5 nitrogen and oxygen atoms in total. The molecule has 0 bridgehead atoms. The van der Waals surface area contributed by atoms with Crippen molar-refractivity contribution >= 4 is 11.9 Å². The van der Waals surface area contributed by atoms with Crippen LogP contribution in [0.4, 0.5) is 0 Å². The second-order valence-electron chi connectivity index (χ2n) is 4.08. The summed E-state index contributed by atoms with van der Waals surface area (Å²) in [7, 11) is 1.63. The molecule has 0 spiro atoms. The molecule has 2 aliphatic heterocycles. The number of hydrogen-bond acceptors (Lipinski definition) is 4. The lowest BCUT2D eigenvalue weighted by molar-refractivity contribution is -0.128. The molecule has 2 N–H and O–H groups in total. The summed E-state index contributed by atoms with van der Waals surface area (Å²) in [5, 5.41) is 0. The maximum atomic E-state index is 11.7. The Bertz CT molecular complexity index is 362. The van der Waals surface area contributed by atoms with Crippen LogP contribution < -0.4 is 5.73 Å². The van der Waals surface area contributed by atoms with Crippen molar-refractivity contribution in [1.82, 2.24) is 4.90 Å². The Morgan fingerprint density at radius 2 is 2.40 bits per heavy atom. The van der Waals surface area contributed by atoms with Crippen LogP contribution in [0.25, 0.3) is 0 Å². The molecule has 0 aromatic rings. The van der Waals surface area contributed by atoms with Gasteiger partial charge in [-0.2, -0.15) is 0 Å². The molecule has 0 radical (unpaired) electrons. The second kappa shape index (κ2) is 3.25. The molecule has 2 rings (SSSR count). The first-order valence-corrected chi connectivity index (χ1v) is 4.98. The van der Waals surface area contributed by atoms with Crippen molar-refractivity contribution in [3.8, 4) is 0 Å². The zero-order valence-corrected chi connectivity index (χ0v) is 8.99. The third-order valence-corrected chi connectivity index (χ3v) is 2.81. The zero-order chi connectivity index (χ0) is 11.1. The fourth-order valence-corrected chi connectivity index (χ4v) is 1.84. The molecule has 2 heterocycles. The van der Waals surface area contributed by atoms with Crippen LogP contribution in [0.5, 0.6) is 0 Å². The largest absolute Gasteiger partial charge is 0.495 e. The first-order valence-electron chi connectivity index (χ1n) is 4.98. The third kappa shape index (κ3) is 1.58. The lowest BCUT2D eigenvalue weighted by Gasteiger charge is -2.33. The minimum atomic E-state index is -0.607. The lowest BCUT2D eigenvalue weighted by Crippen LogP contribution is -2.49. The van der Waals surface area contributed by atoms with Crippen molar-refractivity contribution in [3.63, 3.8) is 0 Å². The van der Waals surface area contributed by atoms with Crippen LogP contribution >= 0.6 is 0 Å². The third-order valence-electron chi connectivity index (χ3n) is 2.81. The molecule has 0 saturated heterocycles. The van der Waals surface area contributed by atoms with Crippen LogP contribution in [-0.4, -0.2) is 36.0 Å². The normalized spacial score (nSPS) is 31.1. The standard InChI is InChI=1S/C10H15N3O2/c1-10(7-4-3-5-15-7)6-8(14)13(2)9(11)12-10/h4H,3,5-6H2,1-2H3,(H2,11,12)/t10-/m0/s1. The number of carbonyl (C=O) groups excluding carboxylic acids is 1. The Balaban J connectivity index is 2.33. The highest BCUT2D eigenvalue weighted by atomic mass is 16.5. The highest BCUT2D eigenvalue weighted by Gasteiger charge is 2.39. The highest BCUT2D eigenvalue weighted by molar-refractivity contribution is 5.99. The van der Waals surface area contributed by atoms with E-state index in [9.17, 15) is 4.79 Å². The average molecular weight is 209 g/mol. The van der Waals surface area contributed by atoms with Crippen LogP contribution in [0, 0.1) is 0 Å². The first-order chi connectivity index (χ1) is 7.03. The van der Waals surface area contributed by atoms with Crippen molar-refractivity contribution < 1.29 is 9.53 Å². The number of carbonyl (C=O) groups is 1. The molecule has 1 atom stereocenters. The van der Waals surface area contributed by atoms with Gasteiger partial charge in [0.05, 0.1) is 13.0 Å². The Morgan fingerprint density at radius 1 is 1.67 bits per heavy atom. The molecule has 0 aromatic carbocycles. The summed E-state index contributed by atoms with van der Waals surface area (Å²) in [6, 6.07) is 0. The molecule has 1 amide bonds. The van der Waals surface area contributed by atoms with Gasteiger partial charge in [0.2, 0.25) is 5.91 Å². The highest BCUT2D eigenvalue weighted by Crippen LogP contribution is 2.32. The number of guanidine groups is 1. The van der Waals surface area contributed by atoms with E-state index in [0.717, 1.165) is 12.2 Å². The number of amides is 1. The zero-order valence-electron chi connectivity index (χ0n) is 8.99. The van der Waals surface area contributed by atoms with Crippen LogP contribution in [0.2, 0.25) is 0 Å². The SMILES string of the molecule is CN1C(=O)C[C@@](C)(C2=CCCO2)N=C1N. The number of nitrogens with zero attached hydrogens (tertiary/aromatic N) is 2. The molecule has 0 saturated carbocycles. The summed E-state index contributed by atoms with van der Waals surface area (Å²) in [6.45, 7) is 2.55. The predicted molar refractivity (Wildman–Crippen MR) is 56.1 cm³/mol. The average Bonchev–Trinajstić information content (AvgIpc) is 2.67. The fraction of sp³-hybridized carbons (Fsp3) is 0.600. The summed E-state index contributed by atoms with van der Waals surface area (Å²) in [4.78, 5) is 17.4. The molecule has 0 fully saturated rings. The van der Waals surface area contributed by atoms with Crippen molar-refractivity contribution in [3.05, 3.63) is 11.8 Å². The van der Waals surface area contributed by atoms with E-state index < -0.39 is 5.54 Å². The van der Waals surface area contributed by atoms with Crippen LogP contribution in [-0.2, 0) is 9.53 Å². The monoisotopic (exact) mass is 209 g/mol. The van der Waals surface area contributed by atoms with Gasteiger partial charge in [0, 0.05) is 13.5 Å². The summed E-state index contributed by atoms with van der Waals surface area (Å²) in [5.41, 5.74) is 5.08. The van der Waals surface area contributed by atoms with Gasteiger partial charge in [-0.05, 0) is 13.0 Å². The maximum absolute atomic E-state index is 11.7. The van der Waals surface area contributed by atoms with E-state index in [4.69, 9.17) is 10.5 Å². The Morgan fingerprint density at radius 3 is 2.93 bits per heavy atom. The second-order valence-corrected chi connectivity index (χ2v) is 4.08. The van der Waals surface area contributed by atoms with Gasteiger partial charge in [-0.25, -0.2) is 4.99 Å². The Hall–Kier alpha value is -1.52. The first kappa shape index (κ1) is 10.0. The molecule has 5 heteroatoms. The number of rotatable bonds is 1. The van der Waals surface area contributed by atoms with Crippen LogP contribution in [0.3, 0.4) is 0 Å². The Kier molecular flexibility index (Phi) is 2.17. The van der Waals surface area contributed by atoms with Gasteiger partial charge >= 0.3 is 0 Å². The minimum absolute atomic E-state index is 0.0265. The van der Waals surface area contributed by atoms with Gasteiger partial charge in [-0.15, -0.1) is 0 Å². The molecular formula is C10H15N3O2. The van der Waals surface area contributed by atoms with Crippen molar-refractivity contribution in [2.75, 3.05) is 13.7 Å². The van der Waals surface area contributed by atoms with Crippen LogP contribution in [0.1, 0.15) is 19.8 Å². The van der Waals surface area contributed by atoms with Gasteiger partial charge in [0.1, 0.15) is 11.3 Å². The number of nitrogens with two attached hydrogens (primary N) is 1. The Labute approximate surface area is 88.6 Å². The quantitative estimate of drug-likeness (QED) is 0.672. The molecule has 0 aliphatic carbocycles. The number of aliphatic imine (C=N–C) groups is 1. The molecular weight excluding hydrogens is 194 g/mol. The molecule has 0 aromatic heterocycles. The van der Waals surface area contributed by atoms with Crippen LogP contribution in [0.15, 0.2) is 16.8 Å². The number of hydrogen-bond donors (Lipinski definition) is 1. The van der Waals surface area contributed by atoms with E-state index in [2.05, 4.69) is 4.99 Å². The summed E-state index contributed by atoms with van der Waals surface area (Å²) >= 11 is 0. The summed E-state index contributed by atoms with van der Waals surface area (Å²) in [5.74, 6) is 0.999. The molecule has 15 heavy (non-hydrogen) atoms.